The van der Waals surface area contributed by atoms with Crippen LogP contribution in [0.2, 0.25) is 0 Å². The Morgan fingerprint density at radius 3 is 2.40 bits per heavy atom. The first-order valence-electron chi connectivity index (χ1n) is 8.93. The molecule has 2 heterocycles. The maximum absolute atomic E-state index is 12.5. The number of hydrogen-bond acceptors (Lipinski definition) is 4. The third kappa shape index (κ3) is 4.57. The van der Waals surface area contributed by atoms with Crippen LogP contribution < -0.4 is 5.32 Å². The van der Waals surface area contributed by atoms with E-state index in [0.717, 1.165) is 45.0 Å². The fourth-order valence-corrected chi connectivity index (χ4v) is 2.96. The van der Waals surface area contributed by atoms with Crippen LogP contribution in [0.4, 0.5) is 5.69 Å². The van der Waals surface area contributed by atoms with Crippen LogP contribution in [0.15, 0.2) is 42.6 Å². The largest absolute Gasteiger partial charge is 0.380 e. The zero-order valence-corrected chi connectivity index (χ0v) is 15.0. The van der Waals surface area contributed by atoms with Crippen molar-refractivity contribution in [2.24, 2.45) is 0 Å². The molecule has 5 heteroatoms. The first-order valence-corrected chi connectivity index (χ1v) is 8.93. The zero-order valence-electron chi connectivity index (χ0n) is 15.0. The first kappa shape index (κ1) is 17.4. The Bertz CT molecular complexity index is 689. The minimum Gasteiger partial charge on any atom is -0.380 e. The summed E-state index contributed by atoms with van der Waals surface area (Å²) in [4.78, 5) is 21.1. The number of carbonyl (C=O) groups excluding carboxylic acids is 1. The molecule has 132 valence electrons. The highest BCUT2D eigenvalue weighted by molar-refractivity contribution is 5.92. The topological polar surface area (TPSA) is 48.5 Å². The summed E-state index contributed by atoms with van der Waals surface area (Å²) < 4.78 is 0. The number of nitrogens with one attached hydrogen (secondary N) is 1. The van der Waals surface area contributed by atoms with E-state index in [-0.39, 0.29) is 5.91 Å². The van der Waals surface area contributed by atoms with Crippen LogP contribution in [0.5, 0.6) is 0 Å². The molecule has 0 aliphatic carbocycles. The van der Waals surface area contributed by atoms with Crippen LogP contribution >= 0.6 is 0 Å². The van der Waals surface area contributed by atoms with Crippen molar-refractivity contribution in [3.05, 3.63) is 59.4 Å². The van der Waals surface area contributed by atoms with Gasteiger partial charge in [0.15, 0.2) is 0 Å². The maximum atomic E-state index is 12.5. The molecule has 2 aromatic rings. The van der Waals surface area contributed by atoms with Crippen molar-refractivity contribution < 1.29 is 4.79 Å². The summed E-state index contributed by atoms with van der Waals surface area (Å²) in [7, 11) is 0. The molecule has 3 rings (SSSR count). The Morgan fingerprint density at radius 2 is 1.80 bits per heavy atom. The van der Waals surface area contributed by atoms with Crippen molar-refractivity contribution in [2.75, 3.05) is 38.0 Å². The minimum absolute atomic E-state index is 0.0286. The van der Waals surface area contributed by atoms with E-state index >= 15 is 0 Å². The molecule has 1 N–H and O–H groups in total. The number of pyridine rings is 1. The third-order valence-electron chi connectivity index (χ3n) is 4.71. The van der Waals surface area contributed by atoms with Crippen LogP contribution in [-0.4, -0.2) is 53.4 Å². The smallest absolute Gasteiger partial charge is 0.272 e. The lowest BCUT2D eigenvalue weighted by Gasteiger charge is -2.33. The number of aromatic nitrogens is 1. The molecule has 0 spiro atoms. The molecule has 5 nitrogen and oxygen atoms in total. The van der Waals surface area contributed by atoms with Gasteiger partial charge in [0.2, 0.25) is 0 Å². The van der Waals surface area contributed by atoms with Crippen LogP contribution in [0, 0.1) is 6.92 Å². The predicted molar refractivity (Wildman–Crippen MR) is 101 cm³/mol. The Balaban J connectivity index is 1.54. The van der Waals surface area contributed by atoms with Gasteiger partial charge in [0.1, 0.15) is 5.69 Å². The highest BCUT2D eigenvalue weighted by Gasteiger charge is 2.21. The molecule has 0 saturated carbocycles. The minimum atomic E-state index is 0.0286. The van der Waals surface area contributed by atoms with E-state index in [9.17, 15) is 4.79 Å². The Kier molecular flexibility index (Phi) is 5.66. The van der Waals surface area contributed by atoms with Gasteiger partial charge in [-0.1, -0.05) is 36.8 Å². The number of anilines is 1. The number of aryl methyl sites for hydroxylation is 1. The third-order valence-corrected chi connectivity index (χ3v) is 4.71. The molecular weight excluding hydrogens is 312 g/mol. The van der Waals surface area contributed by atoms with Gasteiger partial charge in [0.25, 0.3) is 5.91 Å². The van der Waals surface area contributed by atoms with Gasteiger partial charge in [-0.25, -0.2) is 4.98 Å². The van der Waals surface area contributed by atoms with Crippen LogP contribution in [-0.2, 0) is 6.54 Å². The van der Waals surface area contributed by atoms with Gasteiger partial charge < -0.3 is 15.1 Å². The standard InChI is InChI=1S/C20H26N4O/c1-3-23-10-12-24(13-11-23)20(25)19-9-8-18(15-22-19)21-14-17-6-4-16(2)5-7-17/h4-9,15,21H,3,10-14H2,1-2H3. The SMILES string of the molecule is CCN1CCN(C(=O)c2ccc(NCc3ccc(C)cc3)cn2)CC1. The maximum Gasteiger partial charge on any atom is 0.272 e. The van der Waals surface area contributed by atoms with E-state index in [2.05, 4.69) is 53.3 Å². The quantitative estimate of drug-likeness (QED) is 0.911. The van der Waals surface area contributed by atoms with E-state index < -0.39 is 0 Å². The molecule has 0 radical (unpaired) electrons. The van der Waals surface area contributed by atoms with Crippen molar-refractivity contribution in [2.45, 2.75) is 20.4 Å². The number of piperazine rings is 1. The normalized spacial score (nSPS) is 15.2. The van der Waals surface area contributed by atoms with Gasteiger partial charge in [0.05, 0.1) is 11.9 Å². The number of amides is 1. The van der Waals surface area contributed by atoms with E-state index in [1.165, 1.54) is 11.1 Å². The summed E-state index contributed by atoms with van der Waals surface area (Å²) in [6.45, 7) is 9.47. The second-order valence-corrected chi connectivity index (χ2v) is 6.50. The van der Waals surface area contributed by atoms with Gasteiger partial charge in [-0.3, -0.25) is 4.79 Å². The predicted octanol–water partition coefficient (Wildman–Crippen LogP) is 2.78. The molecule has 0 bridgehead atoms. The number of benzene rings is 1. The summed E-state index contributed by atoms with van der Waals surface area (Å²) in [6, 6.07) is 12.2. The monoisotopic (exact) mass is 338 g/mol. The second-order valence-electron chi connectivity index (χ2n) is 6.50. The average molecular weight is 338 g/mol. The van der Waals surface area contributed by atoms with Crippen molar-refractivity contribution in [3.63, 3.8) is 0 Å². The molecule has 1 fully saturated rings. The van der Waals surface area contributed by atoms with E-state index in [1.807, 2.05) is 17.0 Å². The van der Waals surface area contributed by atoms with Gasteiger partial charge in [-0.05, 0) is 31.2 Å². The van der Waals surface area contributed by atoms with Crippen LogP contribution in [0.3, 0.4) is 0 Å². The van der Waals surface area contributed by atoms with Crippen LogP contribution in [0.1, 0.15) is 28.5 Å². The Morgan fingerprint density at radius 1 is 1.08 bits per heavy atom. The molecule has 1 amide bonds. The van der Waals surface area contributed by atoms with E-state index in [4.69, 9.17) is 0 Å². The summed E-state index contributed by atoms with van der Waals surface area (Å²) in [5.74, 6) is 0.0286. The molecule has 1 aliphatic heterocycles. The van der Waals surface area contributed by atoms with E-state index in [1.54, 1.807) is 6.20 Å². The fraction of sp³-hybridized carbons (Fsp3) is 0.400. The van der Waals surface area contributed by atoms with Crippen molar-refractivity contribution in [1.29, 1.82) is 0 Å². The lowest BCUT2D eigenvalue weighted by molar-refractivity contribution is 0.0637. The summed E-state index contributed by atoms with van der Waals surface area (Å²) in [6.07, 6.45) is 1.74. The number of hydrogen-bond donors (Lipinski definition) is 1. The zero-order chi connectivity index (χ0) is 17.6. The summed E-state index contributed by atoms with van der Waals surface area (Å²) in [5.41, 5.74) is 3.92. The molecule has 1 aromatic heterocycles. The number of carbonyl (C=O) groups is 1. The Labute approximate surface area is 149 Å². The molecule has 0 unspecified atom stereocenters. The highest BCUT2D eigenvalue weighted by Crippen LogP contribution is 2.12. The average Bonchev–Trinajstić information content (AvgIpc) is 2.67. The van der Waals surface area contributed by atoms with Crippen molar-refractivity contribution >= 4 is 11.6 Å². The lowest BCUT2D eigenvalue weighted by atomic mass is 10.1. The van der Waals surface area contributed by atoms with Gasteiger partial charge in [-0.2, -0.15) is 0 Å². The summed E-state index contributed by atoms with van der Waals surface area (Å²) in [5, 5.41) is 3.35. The molecule has 1 aromatic carbocycles. The number of nitrogens with zero attached hydrogens (tertiary/aromatic N) is 3. The second kappa shape index (κ2) is 8.12. The number of rotatable bonds is 5. The van der Waals surface area contributed by atoms with Crippen LogP contribution in [0.25, 0.3) is 0 Å². The molecular formula is C20H26N4O. The van der Waals surface area contributed by atoms with E-state index in [0.29, 0.717) is 5.69 Å². The number of likely N-dealkylation sites (N-methyl/N-ethyl adjacent to an activating group) is 1. The molecule has 1 saturated heterocycles. The van der Waals surface area contributed by atoms with Gasteiger partial charge in [-0.15, -0.1) is 0 Å². The summed E-state index contributed by atoms with van der Waals surface area (Å²) >= 11 is 0. The molecule has 0 atom stereocenters. The Hall–Kier alpha value is -2.40. The molecule has 25 heavy (non-hydrogen) atoms. The first-order chi connectivity index (χ1) is 12.2. The fourth-order valence-electron chi connectivity index (χ4n) is 2.96. The van der Waals surface area contributed by atoms with Gasteiger partial charge >= 0.3 is 0 Å². The van der Waals surface area contributed by atoms with Gasteiger partial charge in [0, 0.05) is 32.7 Å². The van der Waals surface area contributed by atoms with Crippen molar-refractivity contribution in [3.8, 4) is 0 Å². The van der Waals surface area contributed by atoms with Crippen molar-refractivity contribution in [1.82, 2.24) is 14.8 Å². The molecule has 1 aliphatic rings. The highest BCUT2D eigenvalue weighted by atomic mass is 16.2. The lowest BCUT2D eigenvalue weighted by Crippen LogP contribution is -2.48.